The lowest BCUT2D eigenvalue weighted by molar-refractivity contribution is 0.167. The van der Waals surface area contributed by atoms with Crippen molar-refractivity contribution in [1.29, 1.82) is 0 Å². The monoisotopic (exact) mass is 230 g/mol. The third kappa shape index (κ3) is 1.77. The Balaban J connectivity index is 2.57. The lowest BCUT2D eigenvalue weighted by Gasteiger charge is -2.14. The van der Waals surface area contributed by atoms with Gasteiger partial charge in [0.25, 0.3) is 0 Å². The number of hydrogen-bond donors (Lipinski definition) is 1. The highest BCUT2D eigenvalue weighted by Gasteiger charge is 2.21. The number of aliphatic hydroxyl groups is 1. The average molecular weight is 231 g/mol. The minimum Gasteiger partial charge on any atom is -0.388 e. The van der Waals surface area contributed by atoms with Crippen molar-refractivity contribution in [2.24, 2.45) is 0 Å². The largest absolute Gasteiger partial charge is 0.388 e. The molecule has 0 unspecified atom stereocenters. The maximum absolute atomic E-state index is 9.90. The van der Waals surface area contributed by atoms with E-state index in [1.807, 2.05) is 0 Å². The van der Waals surface area contributed by atoms with Gasteiger partial charge in [-0.3, -0.25) is 0 Å². The van der Waals surface area contributed by atoms with Crippen molar-refractivity contribution in [2.45, 2.75) is 31.8 Å². The maximum atomic E-state index is 9.90. The summed E-state index contributed by atoms with van der Waals surface area (Å²) in [5, 5.41) is 11.3. The fraction of sp³-hybridized carbons (Fsp3) is 0.455. The van der Waals surface area contributed by atoms with Crippen molar-refractivity contribution in [3.8, 4) is 0 Å². The van der Waals surface area contributed by atoms with Crippen molar-refractivity contribution >= 4 is 23.2 Å². The van der Waals surface area contributed by atoms with E-state index in [4.69, 9.17) is 23.2 Å². The van der Waals surface area contributed by atoms with Crippen molar-refractivity contribution in [1.82, 2.24) is 0 Å². The standard InChI is InChI=1S/C11H12Cl2O/c12-8-5-6-9(13)11-7(8)3-1-2-4-10(11)14/h5-6,10,14H,1-4H2/t10-/m1/s1. The Hall–Kier alpha value is -0.240. The molecule has 1 aromatic carbocycles. The van der Waals surface area contributed by atoms with Crippen LogP contribution in [0.25, 0.3) is 0 Å². The molecule has 3 heteroatoms. The summed E-state index contributed by atoms with van der Waals surface area (Å²) in [6, 6.07) is 3.57. The predicted molar refractivity (Wildman–Crippen MR) is 59.0 cm³/mol. The molecule has 0 heterocycles. The quantitative estimate of drug-likeness (QED) is 0.674. The number of rotatable bonds is 0. The first-order valence-electron chi connectivity index (χ1n) is 4.85. The van der Waals surface area contributed by atoms with Crippen LogP contribution < -0.4 is 0 Å². The highest BCUT2D eigenvalue weighted by molar-refractivity contribution is 6.34. The Labute approximate surface area is 93.7 Å². The van der Waals surface area contributed by atoms with Gasteiger partial charge in [-0.1, -0.05) is 29.6 Å². The van der Waals surface area contributed by atoms with Crippen LogP contribution in [0, 0.1) is 0 Å². The number of fused-ring (bicyclic) bond motifs is 1. The zero-order chi connectivity index (χ0) is 10.1. The molecule has 0 radical (unpaired) electrons. The second kappa shape index (κ2) is 4.09. The van der Waals surface area contributed by atoms with E-state index in [-0.39, 0.29) is 0 Å². The molecule has 0 saturated heterocycles. The van der Waals surface area contributed by atoms with Gasteiger partial charge in [-0.15, -0.1) is 0 Å². The number of hydrogen-bond acceptors (Lipinski definition) is 1. The van der Waals surface area contributed by atoms with Crippen LogP contribution in [0.5, 0.6) is 0 Å². The molecule has 1 N–H and O–H groups in total. The summed E-state index contributed by atoms with van der Waals surface area (Å²) >= 11 is 12.1. The Morgan fingerprint density at radius 2 is 1.86 bits per heavy atom. The summed E-state index contributed by atoms with van der Waals surface area (Å²) < 4.78 is 0. The predicted octanol–water partition coefficient (Wildman–Crippen LogP) is 3.75. The molecule has 1 aromatic rings. The van der Waals surface area contributed by atoms with Crippen LogP contribution in [0.3, 0.4) is 0 Å². The smallest absolute Gasteiger partial charge is 0.0807 e. The van der Waals surface area contributed by atoms with Crippen LogP contribution >= 0.6 is 23.2 Å². The molecular formula is C11H12Cl2O. The van der Waals surface area contributed by atoms with E-state index in [9.17, 15) is 5.11 Å². The average Bonchev–Trinajstić information content (AvgIpc) is 2.35. The van der Waals surface area contributed by atoms with E-state index in [1.165, 1.54) is 0 Å². The summed E-state index contributed by atoms with van der Waals surface area (Å²) in [6.07, 6.45) is 3.37. The molecule has 2 rings (SSSR count). The van der Waals surface area contributed by atoms with Gasteiger partial charge in [0.15, 0.2) is 0 Å². The molecule has 0 aliphatic heterocycles. The van der Waals surface area contributed by atoms with Crippen LogP contribution in [0.4, 0.5) is 0 Å². The van der Waals surface area contributed by atoms with E-state index in [2.05, 4.69) is 0 Å². The second-order valence-corrected chi connectivity index (χ2v) is 4.50. The highest BCUT2D eigenvalue weighted by Crippen LogP contribution is 2.37. The van der Waals surface area contributed by atoms with Gasteiger partial charge in [0.05, 0.1) is 6.10 Å². The SMILES string of the molecule is O[C@@H]1CCCCc2c(Cl)ccc(Cl)c21. The van der Waals surface area contributed by atoms with Gasteiger partial charge < -0.3 is 5.11 Å². The number of aliphatic hydroxyl groups excluding tert-OH is 1. The molecule has 0 fully saturated rings. The molecule has 0 amide bonds. The highest BCUT2D eigenvalue weighted by atomic mass is 35.5. The lowest BCUT2D eigenvalue weighted by atomic mass is 10.0. The molecular weight excluding hydrogens is 219 g/mol. The lowest BCUT2D eigenvalue weighted by Crippen LogP contribution is -2.00. The molecule has 0 bridgehead atoms. The molecule has 1 aliphatic carbocycles. The maximum Gasteiger partial charge on any atom is 0.0807 e. The van der Waals surface area contributed by atoms with E-state index in [0.29, 0.717) is 5.02 Å². The fourth-order valence-electron chi connectivity index (χ4n) is 2.01. The summed E-state index contributed by atoms with van der Waals surface area (Å²) in [5.74, 6) is 0. The molecule has 1 atom stereocenters. The van der Waals surface area contributed by atoms with Crippen molar-refractivity contribution in [2.75, 3.05) is 0 Å². The van der Waals surface area contributed by atoms with Gasteiger partial charge in [0.2, 0.25) is 0 Å². The van der Waals surface area contributed by atoms with Crippen LogP contribution in [0.1, 0.15) is 36.5 Å². The van der Waals surface area contributed by atoms with Crippen LogP contribution in [-0.2, 0) is 6.42 Å². The molecule has 14 heavy (non-hydrogen) atoms. The van der Waals surface area contributed by atoms with E-state index in [0.717, 1.165) is 41.8 Å². The van der Waals surface area contributed by atoms with E-state index in [1.54, 1.807) is 12.1 Å². The van der Waals surface area contributed by atoms with Crippen molar-refractivity contribution < 1.29 is 5.11 Å². The second-order valence-electron chi connectivity index (χ2n) is 3.68. The topological polar surface area (TPSA) is 20.2 Å². The first kappa shape index (κ1) is 10.3. The molecule has 0 aromatic heterocycles. The molecule has 1 aliphatic rings. The number of benzene rings is 1. The van der Waals surface area contributed by atoms with Crippen LogP contribution in [-0.4, -0.2) is 5.11 Å². The van der Waals surface area contributed by atoms with E-state index >= 15 is 0 Å². The minimum atomic E-state index is -0.446. The Bertz CT molecular complexity index is 349. The van der Waals surface area contributed by atoms with Crippen molar-refractivity contribution in [3.05, 3.63) is 33.3 Å². The molecule has 1 nitrogen and oxygen atoms in total. The zero-order valence-corrected chi connectivity index (χ0v) is 9.28. The fourth-order valence-corrected chi connectivity index (χ4v) is 2.57. The minimum absolute atomic E-state index is 0.446. The molecule has 0 spiro atoms. The van der Waals surface area contributed by atoms with Gasteiger partial charge >= 0.3 is 0 Å². The Morgan fingerprint density at radius 1 is 1.14 bits per heavy atom. The molecule has 0 saturated carbocycles. The third-order valence-electron chi connectivity index (χ3n) is 2.73. The van der Waals surface area contributed by atoms with Gasteiger partial charge in [-0.2, -0.15) is 0 Å². The summed E-state index contributed by atoms with van der Waals surface area (Å²) in [4.78, 5) is 0. The Morgan fingerprint density at radius 3 is 2.64 bits per heavy atom. The normalized spacial score (nSPS) is 21.5. The summed E-state index contributed by atoms with van der Waals surface area (Å²) in [7, 11) is 0. The van der Waals surface area contributed by atoms with Crippen LogP contribution in [0.2, 0.25) is 10.0 Å². The number of halogens is 2. The Kier molecular flexibility index (Phi) is 3.01. The summed E-state index contributed by atoms with van der Waals surface area (Å²) in [5.41, 5.74) is 1.88. The van der Waals surface area contributed by atoms with E-state index < -0.39 is 6.10 Å². The molecule has 76 valence electrons. The van der Waals surface area contributed by atoms with Gasteiger partial charge in [-0.25, -0.2) is 0 Å². The summed E-state index contributed by atoms with van der Waals surface area (Å²) in [6.45, 7) is 0. The van der Waals surface area contributed by atoms with Crippen molar-refractivity contribution in [3.63, 3.8) is 0 Å². The first-order chi connectivity index (χ1) is 6.70. The zero-order valence-electron chi connectivity index (χ0n) is 7.76. The first-order valence-corrected chi connectivity index (χ1v) is 5.60. The van der Waals surface area contributed by atoms with Gasteiger partial charge in [0, 0.05) is 15.6 Å². The van der Waals surface area contributed by atoms with Gasteiger partial charge in [0.1, 0.15) is 0 Å². The van der Waals surface area contributed by atoms with Crippen LogP contribution in [0.15, 0.2) is 12.1 Å². The third-order valence-corrected chi connectivity index (χ3v) is 3.42. The van der Waals surface area contributed by atoms with Gasteiger partial charge in [-0.05, 0) is 37.0 Å².